The maximum absolute atomic E-state index is 11.6. The smallest absolute Gasteiger partial charge is 0.263 e. The number of sulfonamides is 1. The van der Waals surface area contributed by atoms with Crippen LogP contribution in [-0.2, 0) is 14.9 Å². The van der Waals surface area contributed by atoms with E-state index in [-0.39, 0.29) is 10.5 Å². The molecular formula is C9H10N2O3S. The summed E-state index contributed by atoms with van der Waals surface area (Å²) in [6, 6.07) is 6.45. The van der Waals surface area contributed by atoms with Crippen LogP contribution in [0.2, 0.25) is 0 Å². The Kier molecular flexibility index (Phi) is 3.42. The fraction of sp³-hybridized carbons (Fsp3) is 0.222. The summed E-state index contributed by atoms with van der Waals surface area (Å²) in [6.07, 6.45) is 0. The first-order valence-corrected chi connectivity index (χ1v) is 5.55. The minimum atomic E-state index is -3.77. The molecule has 0 aliphatic carbocycles. The SMILES string of the molecule is CONS(=O)(=O)c1cccc(C)c1C#N. The van der Waals surface area contributed by atoms with Gasteiger partial charge in [0.25, 0.3) is 10.0 Å². The molecule has 0 saturated heterocycles. The Morgan fingerprint density at radius 3 is 2.67 bits per heavy atom. The third-order valence-electron chi connectivity index (χ3n) is 1.83. The summed E-state index contributed by atoms with van der Waals surface area (Å²) in [5.41, 5.74) is 0.735. The van der Waals surface area contributed by atoms with E-state index in [2.05, 4.69) is 4.84 Å². The summed E-state index contributed by atoms with van der Waals surface area (Å²) in [6.45, 7) is 1.67. The number of rotatable bonds is 3. The third kappa shape index (κ3) is 2.33. The predicted octanol–water partition coefficient (Wildman–Crippen LogP) is 0.706. The predicted molar refractivity (Wildman–Crippen MR) is 53.2 cm³/mol. The molecule has 0 radical (unpaired) electrons. The zero-order valence-corrected chi connectivity index (χ0v) is 9.13. The van der Waals surface area contributed by atoms with Crippen LogP contribution in [-0.4, -0.2) is 15.5 Å². The molecule has 0 aliphatic rings. The van der Waals surface area contributed by atoms with Crippen LogP contribution in [0.3, 0.4) is 0 Å². The molecule has 80 valence electrons. The molecule has 6 heteroatoms. The van der Waals surface area contributed by atoms with E-state index < -0.39 is 10.0 Å². The Bertz CT molecular complexity index is 503. The minimum Gasteiger partial charge on any atom is -0.290 e. The lowest BCUT2D eigenvalue weighted by Crippen LogP contribution is -2.23. The highest BCUT2D eigenvalue weighted by Gasteiger charge is 2.19. The second-order valence-electron chi connectivity index (χ2n) is 2.85. The molecule has 0 atom stereocenters. The van der Waals surface area contributed by atoms with Crippen LogP contribution in [0.5, 0.6) is 0 Å². The van der Waals surface area contributed by atoms with E-state index in [0.717, 1.165) is 0 Å². The van der Waals surface area contributed by atoms with Gasteiger partial charge in [0.1, 0.15) is 11.0 Å². The van der Waals surface area contributed by atoms with Crippen molar-refractivity contribution in [2.24, 2.45) is 0 Å². The largest absolute Gasteiger partial charge is 0.290 e. The Morgan fingerprint density at radius 2 is 2.13 bits per heavy atom. The molecule has 0 aromatic heterocycles. The number of hydrogen-bond donors (Lipinski definition) is 1. The lowest BCUT2D eigenvalue weighted by atomic mass is 10.1. The molecule has 15 heavy (non-hydrogen) atoms. The average molecular weight is 226 g/mol. The van der Waals surface area contributed by atoms with Crippen molar-refractivity contribution in [1.82, 2.24) is 4.89 Å². The van der Waals surface area contributed by atoms with Gasteiger partial charge in [-0.05, 0) is 18.6 Å². The van der Waals surface area contributed by atoms with E-state index >= 15 is 0 Å². The van der Waals surface area contributed by atoms with Crippen LogP contribution in [0.1, 0.15) is 11.1 Å². The van der Waals surface area contributed by atoms with E-state index in [0.29, 0.717) is 5.56 Å². The highest BCUT2D eigenvalue weighted by molar-refractivity contribution is 7.89. The van der Waals surface area contributed by atoms with Crippen molar-refractivity contribution in [1.29, 1.82) is 5.26 Å². The molecule has 5 nitrogen and oxygen atoms in total. The maximum atomic E-state index is 11.6. The van der Waals surface area contributed by atoms with Crippen LogP contribution in [0, 0.1) is 18.3 Å². The van der Waals surface area contributed by atoms with E-state index in [4.69, 9.17) is 5.26 Å². The van der Waals surface area contributed by atoms with Crippen molar-refractivity contribution in [2.75, 3.05) is 7.11 Å². The number of aryl methyl sites for hydroxylation is 1. The Morgan fingerprint density at radius 1 is 1.47 bits per heavy atom. The van der Waals surface area contributed by atoms with Gasteiger partial charge in [-0.15, -0.1) is 0 Å². The first-order chi connectivity index (χ1) is 7.03. The lowest BCUT2D eigenvalue weighted by Gasteiger charge is -2.07. The van der Waals surface area contributed by atoms with Crippen molar-refractivity contribution >= 4 is 10.0 Å². The fourth-order valence-corrected chi connectivity index (χ4v) is 2.20. The molecule has 0 amide bonds. The summed E-state index contributed by atoms with van der Waals surface area (Å²) in [4.78, 5) is 6.14. The molecule has 0 unspecified atom stereocenters. The average Bonchev–Trinajstić information content (AvgIpc) is 2.17. The molecule has 1 aromatic rings. The highest BCUT2D eigenvalue weighted by atomic mass is 32.2. The normalized spacial score (nSPS) is 11.0. The van der Waals surface area contributed by atoms with Crippen LogP contribution >= 0.6 is 0 Å². The molecule has 0 bridgehead atoms. The van der Waals surface area contributed by atoms with E-state index in [1.165, 1.54) is 13.2 Å². The first kappa shape index (κ1) is 11.7. The van der Waals surface area contributed by atoms with Crippen LogP contribution in [0.15, 0.2) is 23.1 Å². The fourth-order valence-electron chi connectivity index (χ4n) is 1.16. The van der Waals surface area contributed by atoms with Crippen LogP contribution in [0.25, 0.3) is 0 Å². The second kappa shape index (κ2) is 4.40. The molecule has 1 rings (SSSR count). The standard InChI is InChI=1S/C9H10N2O3S/c1-7-4-3-5-9(8(7)6-10)15(12,13)11-14-2/h3-5,11H,1-2H3. The van der Waals surface area contributed by atoms with Crippen molar-refractivity contribution in [3.63, 3.8) is 0 Å². The van der Waals surface area contributed by atoms with Gasteiger partial charge in [0.2, 0.25) is 0 Å². The summed E-state index contributed by atoms with van der Waals surface area (Å²) in [7, 11) is -2.58. The van der Waals surface area contributed by atoms with Gasteiger partial charge >= 0.3 is 0 Å². The number of nitrogens with one attached hydrogen (secondary N) is 1. The van der Waals surface area contributed by atoms with E-state index in [1.807, 2.05) is 11.0 Å². The van der Waals surface area contributed by atoms with Gasteiger partial charge in [-0.25, -0.2) is 8.42 Å². The van der Waals surface area contributed by atoms with Gasteiger partial charge in [-0.2, -0.15) is 5.26 Å². The third-order valence-corrected chi connectivity index (χ3v) is 3.13. The number of hydrogen-bond acceptors (Lipinski definition) is 4. The van der Waals surface area contributed by atoms with E-state index in [9.17, 15) is 8.42 Å². The molecule has 0 saturated carbocycles. The summed E-state index contributed by atoms with van der Waals surface area (Å²) in [5.74, 6) is 0. The van der Waals surface area contributed by atoms with Crippen LogP contribution in [0.4, 0.5) is 0 Å². The summed E-state index contributed by atoms with van der Waals surface area (Å²) < 4.78 is 23.2. The van der Waals surface area contributed by atoms with E-state index in [1.54, 1.807) is 19.1 Å². The van der Waals surface area contributed by atoms with Crippen LogP contribution < -0.4 is 4.89 Å². The molecule has 0 heterocycles. The van der Waals surface area contributed by atoms with Crippen molar-refractivity contribution in [3.8, 4) is 6.07 Å². The molecule has 0 fully saturated rings. The van der Waals surface area contributed by atoms with Crippen molar-refractivity contribution in [2.45, 2.75) is 11.8 Å². The molecule has 0 aliphatic heterocycles. The van der Waals surface area contributed by atoms with Gasteiger partial charge in [-0.3, -0.25) is 4.84 Å². The quantitative estimate of drug-likeness (QED) is 0.770. The number of benzene rings is 1. The van der Waals surface area contributed by atoms with Gasteiger partial charge in [0.15, 0.2) is 0 Å². The highest BCUT2D eigenvalue weighted by Crippen LogP contribution is 2.17. The zero-order chi connectivity index (χ0) is 11.5. The molecule has 1 aromatic carbocycles. The Labute approximate surface area is 88.3 Å². The minimum absolute atomic E-state index is 0.0770. The van der Waals surface area contributed by atoms with Crippen molar-refractivity contribution < 1.29 is 13.3 Å². The number of nitrogens with zero attached hydrogens (tertiary/aromatic N) is 1. The topological polar surface area (TPSA) is 79.2 Å². The molecule has 1 N–H and O–H groups in total. The maximum Gasteiger partial charge on any atom is 0.263 e. The monoisotopic (exact) mass is 226 g/mol. The zero-order valence-electron chi connectivity index (χ0n) is 8.31. The van der Waals surface area contributed by atoms with Gasteiger partial charge in [0.05, 0.1) is 12.7 Å². The summed E-state index contributed by atoms with van der Waals surface area (Å²) in [5, 5.41) is 8.85. The van der Waals surface area contributed by atoms with Gasteiger partial charge in [0, 0.05) is 0 Å². The van der Waals surface area contributed by atoms with Crippen molar-refractivity contribution in [3.05, 3.63) is 29.3 Å². The van der Waals surface area contributed by atoms with Gasteiger partial charge < -0.3 is 0 Å². The Hall–Kier alpha value is -1.42. The first-order valence-electron chi connectivity index (χ1n) is 4.07. The Balaban J connectivity index is 3.40. The number of nitriles is 1. The molecular weight excluding hydrogens is 216 g/mol. The second-order valence-corrected chi connectivity index (χ2v) is 4.46. The summed E-state index contributed by atoms with van der Waals surface area (Å²) >= 11 is 0. The van der Waals surface area contributed by atoms with Gasteiger partial charge in [-0.1, -0.05) is 17.0 Å². The lowest BCUT2D eigenvalue weighted by molar-refractivity contribution is 0.153. The molecule has 0 spiro atoms.